The van der Waals surface area contributed by atoms with E-state index in [1.54, 1.807) is 30.3 Å². The van der Waals surface area contributed by atoms with Gasteiger partial charge in [0.2, 0.25) is 5.91 Å². The van der Waals surface area contributed by atoms with Crippen molar-refractivity contribution in [3.63, 3.8) is 0 Å². The van der Waals surface area contributed by atoms with Crippen molar-refractivity contribution >= 4 is 35.0 Å². The third-order valence-corrected chi connectivity index (χ3v) is 6.12. The van der Waals surface area contributed by atoms with Gasteiger partial charge < -0.3 is 20.3 Å². The summed E-state index contributed by atoms with van der Waals surface area (Å²) in [7, 11) is 0. The van der Waals surface area contributed by atoms with Crippen molar-refractivity contribution in [3.8, 4) is 0 Å². The van der Waals surface area contributed by atoms with E-state index in [1.807, 2.05) is 13.0 Å². The standard InChI is InChI=1S/C27H34N4O5/c1-3-36-18-4-15-28-27(33)24-19-22(8-11-25(24)30-16-13-20(2)14-17-30)29-26(32)12-7-21-5-9-23(10-6-21)31(34)35/h5-12,19-20H,3-4,13-18H2,1-2H3,(H,28,33)(H,29,32). The summed E-state index contributed by atoms with van der Waals surface area (Å²) in [5.41, 5.74) is 2.56. The van der Waals surface area contributed by atoms with E-state index < -0.39 is 4.92 Å². The average molecular weight is 495 g/mol. The van der Waals surface area contributed by atoms with Crippen LogP contribution in [-0.4, -0.2) is 49.6 Å². The van der Waals surface area contributed by atoms with Crippen LogP contribution < -0.4 is 15.5 Å². The Hall–Kier alpha value is -3.72. The number of hydrogen-bond acceptors (Lipinski definition) is 6. The molecule has 1 saturated heterocycles. The molecule has 1 heterocycles. The summed E-state index contributed by atoms with van der Waals surface area (Å²) in [6.07, 6.45) is 5.80. The summed E-state index contributed by atoms with van der Waals surface area (Å²) in [4.78, 5) is 38.1. The SMILES string of the molecule is CCOCCCNC(=O)c1cc(NC(=O)C=Cc2ccc([N+](=O)[O-])cc2)ccc1N1CCC(C)CC1. The molecule has 0 saturated carbocycles. The van der Waals surface area contributed by atoms with Gasteiger partial charge in [0.05, 0.1) is 10.5 Å². The molecule has 0 aliphatic carbocycles. The Morgan fingerprint density at radius 1 is 1.17 bits per heavy atom. The van der Waals surface area contributed by atoms with Crippen molar-refractivity contribution in [2.24, 2.45) is 5.92 Å². The van der Waals surface area contributed by atoms with Crippen LogP contribution in [0.2, 0.25) is 0 Å². The summed E-state index contributed by atoms with van der Waals surface area (Å²) < 4.78 is 5.34. The van der Waals surface area contributed by atoms with Crippen molar-refractivity contribution in [3.05, 3.63) is 69.8 Å². The van der Waals surface area contributed by atoms with Crippen LogP contribution in [0.25, 0.3) is 6.08 Å². The van der Waals surface area contributed by atoms with E-state index in [2.05, 4.69) is 22.5 Å². The Morgan fingerprint density at radius 2 is 1.89 bits per heavy atom. The van der Waals surface area contributed by atoms with Gasteiger partial charge in [0.15, 0.2) is 0 Å². The van der Waals surface area contributed by atoms with Gasteiger partial charge in [-0.2, -0.15) is 0 Å². The van der Waals surface area contributed by atoms with Gasteiger partial charge in [0, 0.05) is 62.4 Å². The fourth-order valence-corrected chi connectivity index (χ4v) is 4.00. The van der Waals surface area contributed by atoms with E-state index in [0.717, 1.165) is 38.0 Å². The smallest absolute Gasteiger partial charge is 0.269 e. The molecule has 0 spiro atoms. The minimum absolute atomic E-state index is 0.0106. The number of nitrogens with zero attached hydrogens (tertiary/aromatic N) is 2. The van der Waals surface area contributed by atoms with Crippen LogP contribution in [-0.2, 0) is 9.53 Å². The highest BCUT2D eigenvalue weighted by Crippen LogP contribution is 2.29. The van der Waals surface area contributed by atoms with Gasteiger partial charge in [-0.25, -0.2) is 0 Å². The second kappa shape index (κ2) is 13.4. The zero-order valence-electron chi connectivity index (χ0n) is 20.9. The minimum Gasteiger partial charge on any atom is -0.382 e. The van der Waals surface area contributed by atoms with Gasteiger partial charge in [-0.1, -0.05) is 6.92 Å². The molecule has 9 heteroatoms. The van der Waals surface area contributed by atoms with Gasteiger partial charge in [-0.15, -0.1) is 0 Å². The maximum absolute atomic E-state index is 13.1. The number of carbonyl (C=O) groups is 2. The second-order valence-corrected chi connectivity index (χ2v) is 8.88. The van der Waals surface area contributed by atoms with Crippen LogP contribution in [0.4, 0.5) is 17.1 Å². The van der Waals surface area contributed by atoms with Gasteiger partial charge in [-0.05, 0) is 74.1 Å². The van der Waals surface area contributed by atoms with Crippen LogP contribution in [0.1, 0.15) is 49.0 Å². The highest BCUT2D eigenvalue weighted by atomic mass is 16.6. The molecule has 2 aromatic carbocycles. The average Bonchev–Trinajstić information content (AvgIpc) is 2.88. The van der Waals surface area contributed by atoms with E-state index in [4.69, 9.17) is 4.74 Å². The number of piperidine rings is 1. The Balaban J connectivity index is 1.71. The second-order valence-electron chi connectivity index (χ2n) is 8.88. The molecule has 0 aromatic heterocycles. The number of non-ortho nitro benzene ring substituents is 1. The van der Waals surface area contributed by atoms with Gasteiger partial charge >= 0.3 is 0 Å². The van der Waals surface area contributed by atoms with E-state index in [0.29, 0.717) is 42.5 Å². The zero-order chi connectivity index (χ0) is 25.9. The van der Waals surface area contributed by atoms with Crippen molar-refractivity contribution in [1.82, 2.24) is 5.32 Å². The lowest BCUT2D eigenvalue weighted by Gasteiger charge is -2.33. The highest BCUT2D eigenvalue weighted by molar-refractivity contribution is 6.05. The van der Waals surface area contributed by atoms with Crippen molar-refractivity contribution in [1.29, 1.82) is 0 Å². The first-order valence-corrected chi connectivity index (χ1v) is 12.4. The molecule has 1 aliphatic rings. The molecule has 9 nitrogen and oxygen atoms in total. The highest BCUT2D eigenvalue weighted by Gasteiger charge is 2.21. The van der Waals surface area contributed by atoms with Crippen LogP contribution in [0.5, 0.6) is 0 Å². The summed E-state index contributed by atoms with van der Waals surface area (Å²) in [5, 5.41) is 16.6. The number of ether oxygens (including phenoxy) is 1. The molecule has 3 rings (SSSR count). The van der Waals surface area contributed by atoms with Crippen LogP contribution >= 0.6 is 0 Å². The number of anilines is 2. The number of nitro benzene ring substituents is 1. The van der Waals surface area contributed by atoms with Crippen molar-refractivity contribution in [2.45, 2.75) is 33.1 Å². The number of amides is 2. The van der Waals surface area contributed by atoms with Crippen LogP contribution in [0.15, 0.2) is 48.5 Å². The topological polar surface area (TPSA) is 114 Å². The number of benzene rings is 2. The van der Waals surface area contributed by atoms with Gasteiger partial charge in [0.1, 0.15) is 0 Å². The molecule has 36 heavy (non-hydrogen) atoms. The molecule has 1 fully saturated rings. The molecule has 2 aromatic rings. The van der Waals surface area contributed by atoms with E-state index in [1.165, 1.54) is 18.2 Å². The lowest BCUT2D eigenvalue weighted by molar-refractivity contribution is -0.384. The van der Waals surface area contributed by atoms with Crippen LogP contribution in [0.3, 0.4) is 0 Å². The first-order chi connectivity index (χ1) is 17.4. The molecule has 0 unspecified atom stereocenters. The number of carbonyl (C=O) groups excluding carboxylic acids is 2. The lowest BCUT2D eigenvalue weighted by atomic mass is 9.97. The molecule has 192 valence electrons. The van der Waals surface area contributed by atoms with E-state index >= 15 is 0 Å². The molecule has 0 atom stereocenters. The Kier molecular flexibility index (Phi) is 10.00. The fourth-order valence-electron chi connectivity index (χ4n) is 4.00. The molecule has 2 N–H and O–H groups in total. The molecular weight excluding hydrogens is 460 g/mol. The van der Waals surface area contributed by atoms with Crippen molar-refractivity contribution < 1.29 is 19.2 Å². The maximum Gasteiger partial charge on any atom is 0.269 e. The summed E-state index contributed by atoms with van der Waals surface area (Å²) in [6.45, 7) is 7.68. The monoisotopic (exact) mass is 494 g/mol. The van der Waals surface area contributed by atoms with Crippen LogP contribution in [0, 0.1) is 16.0 Å². The predicted octanol–water partition coefficient (Wildman–Crippen LogP) is 4.64. The summed E-state index contributed by atoms with van der Waals surface area (Å²) >= 11 is 0. The fraction of sp³-hybridized carbons (Fsp3) is 0.407. The third kappa shape index (κ3) is 7.91. The lowest BCUT2D eigenvalue weighted by Crippen LogP contribution is -2.35. The summed E-state index contributed by atoms with van der Waals surface area (Å²) in [6, 6.07) is 11.3. The first kappa shape index (κ1) is 26.9. The number of rotatable bonds is 11. The Labute approximate surface area is 211 Å². The quantitative estimate of drug-likeness (QED) is 0.204. The van der Waals surface area contributed by atoms with Gasteiger partial charge in [0.25, 0.3) is 11.6 Å². The zero-order valence-corrected chi connectivity index (χ0v) is 20.9. The molecule has 0 radical (unpaired) electrons. The largest absolute Gasteiger partial charge is 0.382 e. The predicted molar refractivity (Wildman–Crippen MR) is 141 cm³/mol. The molecule has 2 amide bonds. The number of hydrogen-bond donors (Lipinski definition) is 2. The molecule has 1 aliphatic heterocycles. The molecular formula is C27H34N4O5. The maximum atomic E-state index is 13.1. The summed E-state index contributed by atoms with van der Waals surface area (Å²) in [5.74, 6) is 0.117. The first-order valence-electron chi connectivity index (χ1n) is 12.4. The van der Waals surface area contributed by atoms with E-state index in [9.17, 15) is 19.7 Å². The third-order valence-electron chi connectivity index (χ3n) is 6.12. The van der Waals surface area contributed by atoms with Gasteiger partial charge in [-0.3, -0.25) is 19.7 Å². The van der Waals surface area contributed by atoms with Crippen molar-refractivity contribution in [2.75, 3.05) is 43.1 Å². The minimum atomic E-state index is -0.471. The van der Waals surface area contributed by atoms with E-state index in [-0.39, 0.29) is 17.5 Å². The molecule has 0 bridgehead atoms. The number of nitrogens with one attached hydrogen (secondary N) is 2. The Morgan fingerprint density at radius 3 is 2.56 bits per heavy atom. The normalized spacial score (nSPS) is 14.1. The number of nitro groups is 1. The Bertz CT molecular complexity index is 1080.